The van der Waals surface area contributed by atoms with Gasteiger partial charge in [0.1, 0.15) is 5.82 Å². The number of carboxylic acids is 1. The fourth-order valence-corrected chi connectivity index (χ4v) is 2.87. The van der Waals surface area contributed by atoms with Gasteiger partial charge in [0.25, 0.3) is 5.91 Å². The molecular weight excluding hydrogens is 274 g/mol. The highest BCUT2D eigenvalue weighted by Crippen LogP contribution is 2.29. The summed E-state index contributed by atoms with van der Waals surface area (Å²) >= 11 is 0. The predicted molar refractivity (Wildman–Crippen MR) is 74.2 cm³/mol. The zero-order chi connectivity index (χ0) is 15.0. The lowest BCUT2D eigenvalue weighted by Crippen LogP contribution is -2.47. The van der Waals surface area contributed by atoms with Crippen LogP contribution in [0.5, 0.6) is 0 Å². The number of aromatic nitrogens is 1. The number of ether oxygens (including phenoxy) is 1. The molecule has 1 saturated heterocycles. The number of aliphatic carboxylic acids is 1. The molecule has 21 heavy (non-hydrogen) atoms. The van der Waals surface area contributed by atoms with E-state index in [1.807, 2.05) is 0 Å². The molecule has 7 nitrogen and oxygen atoms in total. The Balaban J connectivity index is 2.01. The molecule has 1 aromatic rings. The Morgan fingerprint density at radius 2 is 2.24 bits per heavy atom. The van der Waals surface area contributed by atoms with Gasteiger partial charge in [-0.1, -0.05) is 0 Å². The van der Waals surface area contributed by atoms with Crippen molar-refractivity contribution in [3.8, 4) is 0 Å². The molecule has 1 fully saturated rings. The number of primary amides is 1. The molecule has 112 valence electrons. The predicted octanol–water partition coefficient (Wildman–Crippen LogP) is 0.325. The van der Waals surface area contributed by atoms with Crippen molar-refractivity contribution in [1.29, 1.82) is 0 Å². The highest BCUT2D eigenvalue weighted by molar-refractivity contribution is 5.98. The summed E-state index contributed by atoms with van der Waals surface area (Å²) in [6.07, 6.45) is 3.01. The maximum absolute atomic E-state index is 11.6. The van der Waals surface area contributed by atoms with Gasteiger partial charge in [0.15, 0.2) is 5.54 Å². The third-order valence-electron chi connectivity index (χ3n) is 4.10. The smallest absolute Gasteiger partial charge is 0.331 e. The molecule has 1 amide bonds. The van der Waals surface area contributed by atoms with Gasteiger partial charge in [0, 0.05) is 18.7 Å². The Kier molecular flexibility index (Phi) is 3.29. The van der Waals surface area contributed by atoms with Gasteiger partial charge in [-0.15, -0.1) is 0 Å². The van der Waals surface area contributed by atoms with Crippen molar-refractivity contribution < 1.29 is 19.4 Å². The molecule has 1 aliphatic heterocycles. The number of carbonyl (C=O) groups is 2. The summed E-state index contributed by atoms with van der Waals surface area (Å²) in [6.45, 7) is 0.398. The number of pyridine rings is 1. The number of anilines is 1. The first-order valence-corrected chi connectivity index (χ1v) is 6.94. The molecule has 1 unspecified atom stereocenters. The van der Waals surface area contributed by atoms with Crippen LogP contribution < -0.4 is 11.1 Å². The van der Waals surface area contributed by atoms with E-state index in [0.29, 0.717) is 13.0 Å². The molecule has 7 heteroatoms. The van der Waals surface area contributed by atoms with Crippen molar-refractivity contribution in [2.45, 2.75) is 31.2 Å². The summed E-state index contributed by atoms with van der Waals surface area (Å²) in [5.41, 5.74) is 6.32. The lowest BCUT2D eigenvalue weighted by atomic mass is 9.98. The minimum absolute atomic E-state index is 0.0410. The van der Waals surface area contributed by atoms with E-state index in [0.717, 1.165) is 30.5 Å². The minimum Gasteiger partial charge on any atom is -0.479 e. The van der Waals surface area contributed by atoms with E-state index in [4.69, 9.17) is 10.5 Å². The molecule has 3 rings (SSSR count). The van der Waals surface area contributed by atoms with Gasteiger partial charge in [-0.2, -0.15) is 0 Å². The normalized spacial score (nSPS) is 23.8. The van der Waals surface area contributed by atoms with Crippen LogP contribution in [-0.2, 0) is 22.4 Å². The molecule has 0 bridgehead atoms. The van der Waals surface area contributed by atoms with E-state index in [1.165, 1.54) is 0 Å². The van der Waals surface area contributed by atoms with Crippen molar-refractivity contribution in [3.63, 3.8) is 0 Å². The van der Waals surface area contributed by atoms with E-state index in [1.54, 1.807) is 6.07 Å². The van der Waals surface area contributed by atoms with Gasteiger partial charge in [-0.25, -0.2) is 9.78 Å². The number of carboxylic acid groups (broad SMARTS) is 1. The van der Waals surface area contributed by atoms with Crippen LogP contribution in [0.3, 0.4) is 0 Å². The Hall–Kier alpha value is -2.15. The average molecular weight is 291 g/mol. The van der Waals surface area contributed by atoms with Crippen LogP contribution in [-0.4, -0.2) is 40.7 Å². The summed E-state index contributed by atoms with van der Waals surface area (Å²) in [6, 6.07) is 1.73. The first-order valence-electron chi connectivity index (χ1n) is 6.94. The Bertz CT molecular complexity index is 608. The largest absolute Gasteiger partial charge is 0.479 e. The van der Waals surface area contributed by atoms with Crippen LogP contribution in [0.25, 0.3) is 0 Å². The topological polar surface area (TPSA) is 115 Å². The summed E-state index contributed by atoms with van der Waals surface area (Å²) in [7, 11) is 0. The average Bonchev–Trinajstić information content (AvgIpc) is 3.06. The Morgan fingerprint density at radius 3 is 2.86 bits per heavy atom. The monoisotopic (exact) mass is 291 g/mol. The van der Waals surface area contributed by atoms with Crippen LogP contribution in [0.4, 0.5) is 5.82 Å². The van der Waals surface area contributed by atoms with Crippen molar-refractivity contribution in [1.82, 2.24) is 4.98 Å². The SMILES string of the molecule is NC(=O)c1cc2c(nc1NC1(C(=O)O)CCOC1)CCC2. The van der Waals surface area contributed by atoms with Crippen LogP contribution in [0.1, 0.15) is 34.5 Å². The summed E-state index contributed by atoms with van der Waals surface area (Å²) in [5, 5.41) is 12.4. The van der Waals surface area contributed by atoms with Crippen LogP contribution >= 0.6 is 0 Å². The van der Waals surface area contributed by atoms with E-state index in [9.17, 15) is 14.7 Å². The molecule has 4 N–H and O–H groups in total. The first kappa shape index (κ1) is 13.8. The number of aryl methyl sites for hydroxylation is 2. The number of carbonyl (C=O) groups excluding carboxylic acids is 1. The van der Waals surface area contributed by atoms with Crippen molar-refractivity contribution >= 4 is 17.7 Å². The van der Waals surface area contributed by atoms with Crippen molar-refractivity contribution in [2.24, 2.45) is 5.73 Å². The molecule has 0 radical (unpaired) electrons. The van der Waals surface area contributed by atoms with Gasteiger partial charge in [0.2, 0.25) is 0 Å². The maximum Gasteiger partial charge on any atom is 0.331 e. The second-order valence-electron chi connectivity index (χ2n) is 5.52. The number of rotatable bonds is 4. The second kappa shape index (κ2) is 5.00. The quantitative estimate of drug-likeness (QED) is 0.736. The van der Waals surface area contributed by atoms with Gasteiger partial charge in [-0.3, -0.25) is 4.79 Å². The molecule has 2 heterocycles. The van der Waals surface area contributed by atoms with E-state index >= 15 is 0 Å². The number of hydrogen-bond donors (Lipinski definition) is 3. The zero-order valence-corrected chi connectivity index (χ0v) is 11.5. The van der Waals surface area contributed by atoms with Gasteiger partial charge >= 0.3 is 5.97 Å². The molecule has 1 aromatic heterocycles. The number of nitrogens with two attached hydrogens (primary N) is 1. The van der Waals surface area contributed by atoms with E-state index in [-0.39, 0.29) is 18.0 Å². The second-order valence-corrected chi connectivity index (χ2v) is 5.52. The van der Waals surface area contributed by atoms with Gasteiger partial charge < -0.3 is 20.9 Å². The molecule has 1 atom stereocenters. The lowest BCUT2D eigenvalue weighted by Gasteiger charge is -2.25. The van der Waals surface area contributed by atoms with Crippen molar-refractivity contribution in [2.75, 3.05) is 18.5 Å². The van der Waals surface area contributed by atoms with Crippen molar-refractivity contribution in [3.05, 3.63) is 22.9 Å². The summed E-state index contributed by atoms with van der Waals surface area (Å²) in [4.78, 5) is 27.6. The summed E-state index contributed by atoms with van der Waals surface area (Å²) in [5.74, 6) is -1.38. The van der Waals surface area contributed by atoms with Crippen LogP contribution in [0.15, 0.2) is 6.07 Å². The molecule has 1 aliphatic carbocycles. The lowest BCUT2D eigenvalue weighted by molar-refractivity contribution is -0.142. The van der Waals surface area contributed by atoms with Crippen LogP contribution in [0, 0.1) is 0 Å². The number of nitrogens with zero attached hydrogens (tertiary/aromatic N) is 1. The maximum atomic E-state index is 11.6. The van der Waals surface area contributed by atoms with E-state index in [2.05, 4.69) is 10.3 Å². The molecule has 0 spiro atoms. The zero-order valence-electron chi connectivity index (χ0n) is 11.5. The molecule has 0 saturated carbocycles. The number of hydrogen-bond acceptors (Lipinski definition) is 5. The molecular formula is C14H17N3O4. The van der Waals surface area contributed by atoms with Gasteiger partial charge in [-0.05, 0) is 30.9 Å². The highest BCUT2D eigenvalue weighted by Gasteiger charge is 2.43. The number of nitrogens with one attached hydrogen (secondary N) is 1. The summed E-state index contributed by atoms with van der Waals surface area (Å²) < 4.78 is 5.20. The third kappa shape index (κ3) is 2.33. The number of fused-ring (bicyclic) bond motifs is 1. The highest BCUT2D eigenvalue weighted by atomic mass is 16.5. The molecule has 2 aliphatic rings. The van der Waals surface area contributed by atoms with Crippen LogP contribution in [0.2, 0.25) is 0 Å². The standard InChI is InChI=1S/C14H17N3O4/c15-11(18)9-6-8-2-1-3-10(8)16-12(9)17-14(13(19)20)4-5-21-7-14/h6H,1-5,7H2,(H2,15,18)(H,16,17)(H,19,20). The molecule has 0 aromatic carbocycles. The minimum atomic E-state index is -1.25. The fourth-order valence-electron chi connectivity index (χ4n) is 2.87. The third-order valence-corrected chi connectivity index (χ3v) is 4.10. The van der Waals surface area contributed by atoms with E-state index < -0.39 is 17.4 Å². The Labute approximate surface area is 121 Å². The first-order chi connectivity index (χ1) is 10.0. The number of amides is 1. The fraction of sp³-hybridized carbons (Fsp3) is 0.500. The van der Waals surface area contributed by atoms with Gasteiger partial charge in [0.05, 0.1) is 12.2 Å². The Morgan fingerprint density at radius 1 is 1.43 bits per heavy atom.